The largest absolute Gasteiger partial charge is 0.446 e. The van der Waals surface area contributed by atoms with Crippen molar-refractivity contribution < 1.29 is 39.9 Å². The summed E-state index contributed by atoms with van der Waals surface area (Å²) in [5.41, 5.74) is 5.78. The van der Waals surface area contributed by atoms with Crippen LogP contribution in [0.2, 0.25) is 0 Å². The molecule has 8 nitrogen and oxygen atoms in total. The van der Waals surface area contributed by atoms with Crippen molar-refractivity contribution >= 4 is 22.2 Å². The highest BCUT2D eigenvalue weighted by Crippen LogP contribution is 2.29. The molecule has 1 amide bonds. The molecule has 0 unspecified atom stereocenters. The number of carbonyl (C=O) groups is 1. The van der Waals surface area contributed by atoms with Gasteiger partial charge in [0.25, 0.3) is 0 Å². The number of hydrogen-bond acceptors (Lipinski definition) is 6. The Labute approximate surface area is 164 Å². The van der Waals surface area contributed by atoms with Crippen LogP contribution in [-0.4, -0.2) is 25.6 Å². The van der Waals surface area contributed by atoms with Crippen LogP contribution in [0, 0.1) is 0 Å². The van der Waals surface area contributed by atoms with Crippen molar-refractivity contribution in [2.75, 3.05) is 11.9 Å². The van der Waals surface area contributed by atoms with Gasteiger partial charge in [-0.2, -0.15) is 21.6 Å². The van der Waals surface area contributed by atoms with Gasteiger partial charge in [0.15, 0.2) is 0 Å². The number of nitrogens with one attached hydrogen (secondary N) is 1. The molecule has 0 aromatic heterocycles. The Bertz CT molecular complexity index is 962. The molecule has 29 heavy (non-hydrogen) atoms. The third-order valence-electron chi connectivity index (χ3n) is 3.61. The minimum Gasteiger partial charge on any atom is -0.444 e. The lowest BCUT2D eigenvalue weighted by Crippen LogP contribution is -2.15. The fourth-order valence-corrected chi connectivity index (χ4v) is 2.69. The highest BCUT2D eigenvalue weighted by molar-refractivity contribution is 7.81. The minimum atomic E-state index is -4.69. The number of alkyl halides is 3. The van der Waals surface area contributed by atoms with E-state index in [9.17, 15) is 26.4 Å². The van der Waals surface area contributed by atoms with Crippen LogP contribution in [0.25, 0.3) is 0 Å². The van der Waals surface area contributed by atoms with Gasteiger partial charge in [-0.25, -0.2) is 4.79 Å². The standard InChI is InChI=1S/C17H17F3N2O6S/c18-17(19,20)13-2-4-14(5-3-13)22-16(23)27-10-12-1-6-15(28-29(24,25)26)9-11(12)7-8-21/h1-6,9H,7-8,10,21H2,(H,22,23)(H,24,25,26). The Kier molecular flexibility index (Phi) is 7.06. The number of ether oxygens (including phenoxy) is 1. The van der Waals surface area contributed by atoms with Crippen molar-refractivity contribution in [1.82, 2.24) is 0 Å². The highest BCUT2D eigenvalue weighted by Gasteiger charge is 2.30. The quantitative estimate of drug-likeness (QED) is 0.571. The van der Waals surface area contributed by atoms with Crippen LogP contribution in [-0.2, 0) is 34.3 Å². The molecule has 0 heterocycles. The lowest BCUT2D eigenvalue weighted by atomic mass is 10.0. The molecule has 0 saturated carbocycles. The van der Waals surface area contributed by atoms with Crippen LogP contribution >= 0.6 is 0 Å². The summed E-state index contributed by atoms with van der Waals surface area (Å²) in [6.07, 6.45) is -5.08. The zero-order valence-corrected chi connectivity index (χ0v) is 15.6. The topological polar surface area (TPSA) is 128 Å². The van der Waals surface area contributed by atoms with Crippen molar-refractivity contribution in [3.05, 3.63) is 59.2 Å². The first-order chi connectivity index (χ1) is 13.5. The van der Waals surface area contributed by atoms with E-state index in [1.165, 1.54) is 18.2 Å². The third-order valence-corrected chi connectivity index (χ3v) is 4.01. The van der Waals surface area contributed by atoms with Gasteiger partial charge in [-0.15, -0.1) is 0 Å². The van der Waals surface area contributed by atoms with Gasteiger partial charge in [-0.1, -0.05) is 6.07 Å². The number of benzene rings is 2. The van der Waals surface area contributed by atoms with E-state index in [1.54, 1.807) is 0 Å². The molecule has 2 rings (SSSR count). The summed E-state index contributed by atoms with van der Waals surface area (Å²) >= 11 is 0. The molecular weight excluding hydrogens is 417 g/mol. The highest BCUT2D eigenvalue weighted by atomic mass is 32.3. The molecular formula is C17H17F3N2O6S. The predicted octanol–water partition coefficient (Wildman–Crippen LogP) is 3.14. The van der Waals surface area contributed by atoms with Gasteiger partial charge in [0.2, 0.25) is 0 Å². The number of carbonyl (C=O) groups excluding carboxylic acids is 1. The number of rotatable bonds is 7. The van der Waals surface area contributed by atoms with Crippen LogP contribution in [0.3, 0.4) is 0 Å². The molecule has 158 valence electrons. The van der Waals surface area contributed by atoms with Crippen molar-refractivity contribution in [3.63, 3.8) is 0 Å². The molecule has 0 aliphatic heterocycles. The first-order valence-electron chi connectivity index (χ1n) is 8.08. The van der Waals surface area contributed by atoms with E-state index >= 15 is 0 Å². The molecule has 0 spiro atoms. The number of amides is 1. The summed E-state index contributed by atoms with van der Waals surface area (Å²) < 4.78 is 77.3. The summed E-state index contributed by atoms with van der Waals surface area (Å²) in [4.78, 5) is 11.9. The molecule has 4 N–H and O–H groups in total. The zero-order chi connectivity index (χ0) is 21.7. The van der Waals surface area contributed by atoms with Gasteiger partial charge >= 0.3 is 22.7 Å². The number of anilines is 1. The first-order valence-corrected chi connectivity index (χ1v) is 9.44. The number of hydrogen-bond donors (Lipinski definition) is 3. The fourth-order valence-electron chi connectivity index (χ4n) is 2.34. The van der Waals surface area contributed by atoms with E-state index in [0.29, 0.717) is 17.5 Å². The Morgan fingerprint density at radius 3 is 2.31 bits per heavy atom. The summed E-state index contributed by atoms with van der Waals surface area (Å²) in [7, 11) is -4.69. The maximum Gasteiger partial charge on any atom is 0.446 e. The lowest BCUT2D eigenvalue weighted by molar-refractivity contribution is -0.137. The molecule has 0 aliphatic rings. The first kappa shape index (κ1) is 22.5. The maximum absolute atomic E-state index is 12.5. The van der Waals surface area contributed by atoms with Gasteiger partial charge in [0.05, 0.1) is 5.56 Å². The number of nitrogens with two attached hydrogens (primary N) is 1. The average Bonchev–Trinajstić information content (AvgIpc) is 2.59. The second-order valence-electron chi connectivity index (χ2n) is 5.76. The molecule has 0 aliphatic carbocycles. The second kappa shape index (κ2) is 9.11. The SMILES string of the molecule is NCCc1cc(OS(=O)(=O)O)ccc1COC(=O)Nc1ccc(C(F)(F)F)cc1. The van der Waals surface area contributed by atoms with E-state index in [-0.39, 0.29) is 24.6 Å². The molecule has 0 fully saturated rings. The molecule has 0 saturated heterocycles. The minimum absolute atomic E-state index is 0.113. The second-order valence-corrected chi connectivity index (χ2v) is 6.78. The van der Waals surface area contributed by atoms with E-state index in [0.717, 1.165) is 24.3 Å². The average molecular weight is 434 g/mol. The van der Waals surface area contributed by atoms with Crippen molar-refractivity contribution in [2.24, 2.45) is 5.73 Å². The van der Waals surface area contributed by atoms with Gasteiger partial charge < -0.3 is 14.7 Å². The molecule has 2 aromatic carbocycles. The summed E-state index contributed by atoms with van der Waals surface area (Å²) in [5, 5.41) is 2.29. The molecule has 12 heteroatoms. The van der Waals surface area contributed by atoms with E-state index < -0.39 is 28.2 Å². The Balaban J connectivity index is 2.01. The van der Waals surface area contributed by atoms with Gasteiger partial charge in [-0.3, -0.25) is 9.87 Å². The van der Waals surface area contributed by atoms with Gasteiger partial charge in [-0.05, 0) is 60.5 Å². The van der Waals surface area contributed by atoms with Crippen molar-refractivity contribution in [3.8, 4) is 5.75 Å². The van der Waals surface area contributed by atoms with Crippen LogP contribution in [0.15, 0.2) is 42.5 Å². The lowest BCUT2D eigenvalue weighted by Gasteiger charge is -2.12. The van der Waals surface area contributed by atoms with Crippen LogP contribution in [0.1, 0.15) is 16.7 Å². The molecule has 0 radical (unpaired) electrons. The van der Waals surface area contributed by atoms with Crippen LogP contribution in [0.5, 0.6) is 5.75 Å². The molecule has 2 aromatic rings. The number of halogens is 3. The third kappa shape index (κ3) is 7.25. The van der Waals surface area contributed by atoms with E-state index in [2.05, 4.69) is 9.50 Å². The van der Waals surface area contributed by atoms with Gasteiger partial charge in [0, 0.05) is 5.69 Å². The Hall–Kier alpha value is -2.83. The monoisotopic (exact) mass is 434 g/mol. The molecule has 0 bridgehead atoms. The smallest absolute Gasteiger partial charge is 0.444 e. The Morgan fingerprint density at radius 2 is 1.76 bits per heavy atom. The Morgan fingerprint density at radius 1 is 1.10 bits per heavy atom. The zero-order valence-electron chi connectivity index (χ0n) is 14.8. The van der Waals surface area contributed by atoms with Crippen molar-refractivity contribution in [1.29, 1.82) is 0 Å². The van der Waals surface area contributed by atoms with Crippen molar-refractivity contribution in [2.45, 2.75) is 19.2 Å². The van der Waals surface area contributed by atoms with Crippen LogP contribution < -0.4 is 15.2 Å². The fraction of sp³-hybridized carbons (Fsp3) is 0.235. The maximum atomic E-state index is 12.5. The van der Waals surface area contributed by atoms with E-state index in [4.69, 9.17) is 15.0 Å². The summed E-state index contributed by atoms with van der Waals surface area (Å²) in [5.74, 6) is -0.145. The summed E-state index contributed by atoms with van der Waals surface area (Å²) in [6, 6.07) is 7.83. The van der Waals surface area contributed by atoms with Crippen LogP contribution in [0.4, 0.5) is 23.7 Å². The van der Waals surface area contributed by atoms with E-state index in [1.807, 2.05) is 0 Å². The normalized spacial score (nSPS) is 11.8. The molecule has 0 atom stereocenters. The predicted molar refractivity (Wildman–Crippen MR) is 96.6 cm³/mol. The summed E-state index contributed by atoms with van der Waals surface area (Å²) in [6.45, 7) is -0.00592. The van der Waals surface area contributed by atoms with Gasteiger partial charge in [0.1, 0.15) is 12.4 Å².